The molecule has 0 radical (unpaired) electrons. The first-order valence-electron chi connectivity index (χ1n) is 6.40. The van der Waals surface area contributed by atoms with Gasteiger partial charge in [0.05, 0.1) is 11.3 Å². The van der Waals surface area contributed by atoms with E-state index in [1.807, 2.05) is 6.92 Å². The zero-order valence-corrected chi connectivity index (χ0v) is 11.9. The first-order chi connectivity index (χ1) is 9.26. The number of carbonyl (C=O) groups is 2. The second-order valence-corrected chi connectivity index (χ2v) is 5.17. The van der Waals surface area contributed by atoms with Crippen LogP contribution in [0.15, 0.2) is 18.2 Å². The molecule has 0 aliphatic rings. The second kappa shape index (κ2) is 6.36. The molecule has 0 heterocycles. The lowest BCUT2D eigenvalue weighted by molar-refractivity contribution is -0.119. The summed E-state index contributed by atoms with van der Waals surface area (Å²) in [6, 6.07) is 4.27. The third-order valence-electron chi connectivity index (χ3n) is 2.68. The largest absolute Gasteiger partial charge is 0.382 e. The highest BCUT2D eigenvalue weighted by atomic mass is 19.1. The molecule has 1 rings (SSSR count). The molecule has 2 amide bonds. The maximum absolute atomic E-state index is 13.7. The topological polar surface area (TPSA) is 84.2 Å². The van der Waals surface area contributed by atoms with E-state index in [1.165, 1.54) is 18.2 Å². The van der Waals surface area contributed by atoms with Crippen molar-refractivity contribution in [3.05, 3.63) is 29.6 Å². The van der Waals surface area contributed by atoms with Crippen LogP contribution in [0, 0.1) is 5.82 Å². The van der Waals surface area contributed by atoms with E-state index < -0.39 is 23.2 Å². The van der Waals surface area contributed by atoms with Gasteiger partial charge in [0.25, 0.3) is 5.91 Å². The lowest BCUT2D eigenvalue weighted by Crippen LogP contribution is -2.46. The van der Waals surface area contributed by atoms with Gasteiger partial charge in [0.1, 0.15) is 5.82 Å². The van der Waals surface area contributed by atoms with Crippen LogP contribution in [0.5, 0.6) is 0 Å². The predicted octanol–water partition coefficient (Wildman–Crippen LogP) is 1.64. The standard InChI is InChI=1S/C14H20FN3O2/c1-4-17-12-9(6-5-7-10(12)15)13(20)18-14(2,3)8-11(16)19/h5-7,17H,4,8H2,1-3H3,(H2,16,19)(H,18,20). The summed E-state index contributed by atoms with van der Waals surface area (Å²) in [6.45, 7) is 5.67. The van der Waals surface area contributed by atoms with Gasteiger partial charge in [-0.3, -0.25) is 9.59 Å². The Bertz CT molecular complexity index is 515. The smallest absolute Gasteiger partial charge is 0.253 e. The molecule has 0 spiro atoms. The molecule has 0 aromatic heterocycles. The predicted molar refractivity (Wildman–Crippen MR) is 75.9 cm³/mol. The number of rotatable bonds is 6. The van der Waals surface area contributed by atoms with Crippen LogP contribution in [0.3, 0.4) is 0 Å². The molecule has 4 N–H and O–H groups in total. The summed E-state index contributed by atoms with van der Waals surface area (Å²) in [7, 11) is 0. The fourth-order valence-electron chi connectivity index (χ4n) is 1.92. The van der Waals surface area contributed by atoms with Crippen molar-refractivity contribution in [2.45, 2.75) is 32.7 Å². The van der Waals surface area contributed by atoms with Crippen LogP contribution in [-0.2, 0) is 4.79 Å². The quantitative estimate of drug-likeness (QED) is 0.741. The van der Waals surface area contributed by atoms with E-state index in [4.69, 9.17) is 5.73 Å². The van der Waals surface area contributed by atoms with E-state index in [-0.39, 0.29) is 17.7 Å². The first-order valence-corrected chi connectivity index (χ1v) is 6.40. The van der Waals surface area contributed by atoms with Crippen molar-refractivity contribution in [2.24, 2.45) is 5.73 Å². The number of hydrogen-bond donors (Lipinski definition) is 3. The highest BCUT2D eigenvalue weighted by Crippen LogP contribution is 2.21. The van der Waals surface area contributed by atoms with Crippen LogP contribution in [0.2, 0.25) is 0 Å². The van der Waals surface area contributed by atoms with Gasteiger partial charge in [-0.15, -0.1) is 0 Å². The number of benzene rings is 1. The van der Waals surface area contributed by atoms with E-state index >= 15 is 0 Å². The summed E-state index contributed by atoms with van der Waals surface area (Å²) in [6.07, 6.45) is 0.00456. The summed E-state index contributed by atoms with van der Waals surface area (Å²) in [5.74, 6) is -1.46. The summed E-state index contributed by atoms with van der Waals surface area (Å²) in [4.78, 5) is 23.2. The van der Waals surface area contributed by atoms with E-state index in [2.05, 4.69) is 10.6 Å². The van der Waals surface area contributed by atoms with Crippen molar-refractivity contribution in [2.75, 3.05) is 11.9 Å². The molecule has 20 heavy (non-hydrogen) atoms. The molecule has 0 aliphatic carbocycles. The summed E-state index contributed by atoms with van der Waals surface area (Å²) < 4.78 is 13.7. The van der Waals surface area contributed by atoms with Gasteiger partial charge in [0.2, 0.25) is 5.91 Å². The maximum Gasteiger partial charge on any atom is 0.253 e. The Hall–Kier alpha value is -2.11. The molecule has 0 aliphatic heterocycles. The van der Waals surface area contributed by atoms with Gasteiger partial charge < -0.3 is 16.4 Å². The third-order valence-corrected chi connectivity index (χ3v) is 2.68. The first kappa shape index (κ1) is 15.9. The number of anilines is 1. The molecule has 0 fully saturated rings. The molecule has 0 atom stereocenters. The molecule has 1 aromatic rings. The highest BCUT2D eigenvalue weighted by molar-refractivity contribution is 6.00. The Morgan fingerprint density at radius 3 is 2.55 bits per heavy atom. The van der Waals surface area contributed by atoms with Gasteiger partial charge in [0, 0.05) is 18.5 Å². The number of hydrogen-bond acceptors (Lipinski definition) is 3. The zero-order chi connectivity index (χ0) is 15.3. The number of para-hydroxylation sites is 1. The molecule has 5 nitrogen and oxygen atoms in total. The monoisotopic (exact) mass is 281 g/mol. The summed E-state index contributed by atoms with van der Waals surface area (Å²) >= 11 is 0. The third kappa shape index (κ3) is 4.22. The number of carbonyl (C=O) groups excluding carboxylic acids is 2. The number of nitrogens with one attached hydrogen (secondary N) is 2. The van der Waals surface area contributed by atoms with Crippen LogP contribution in [0.4, 0.5) is 10.1 Å². The number of halogens is 1. The minimum absolute atomic E-state index is 0.00456. The Balaban J connectivity index is 2.98. The molecular formula is C14H20FN3O2. The van der Waals surface area contributed by atoms with Crippen LogP contribution >= 0.6 is 0 Å². The highest BCUT2D eigenvalue weighted by Gasteiger charge is 2.25. The van der Waals surface area contributed by atoms with Gasteiger partial charge in [-0.1, -0.05) is 6.07 Å². The second-order valence-electron chi connectivity index (χ2n) is 5.17. The van der Waals surface area contributed by atoms with E-state index in [0.717, 1.165) is 0 Å². The summed E-state index contributed by atoms with van der Waals surface area (Å²) in [5, 5.41) is 5.51. The van der Waals surface area contributed by atoms with Gasteiger partial charge in [-0.05, 0) is 32.9 Å². The van der Waals surface area contributed by atoms with Gasteiger partial charge in [0.15, 0.2) is 0 Å². The van der Waals surface area contributed by atoms with Crippen molar-refractivity contribution < 1.29 is 14.0 Å². The average molecular weight is 281 g/mol. The lowest BCUT2D eigenvalue weighted by atomic mass is 9.99. The molecule has 0 bridgehead atoms. The van der Waals surface area contributed by atoms with Crippen LogP contribution < -0.4 is 16.4 Å². The minimum atomic E-state index is -0.793. The SMILES string of the molecule is CCNc1c(F)cccc1C(=O)NC(C)(C)CC(N)=O. The molecule has 0 saturated carbocycles. The minimum Gasteiger partial charge on any atom is -0.382 e. The van der Waals surface area contributed by atoms with Gasteiger partial charge in [-0.2, -0.15) is 0 Å². The Morgan fingerprint density at radius 1 is 1.35 bits per heavy atom. The number of amides is 2. The van der Waals surface area contributed by atoms with Crippen molar-refractivity contribution in [3.63, 3.8) is 0 Å². The van der Waals surface area contributed by atoms with Crippen LogP contribution in [0.25, 0.3) is 0 Å². The fraction of sp³-hybridized carbons (Fsp3) is 0.429. The Morgan fingerprint density at radius 2 is 2.00 bits per heavy atom. The van der Waals surface area contributed by atoms with E-state index in [0.29, 0.717) is 6.54 Å². The summed E-state index contributed by atoms with van der Waals surface area (Å²) in [5.41, 5.74) is 4.69. The molecular weight excluding hydrogens is 261 g/mol. The molecule has 110 valence electrons. The van der Waals surface area contributed by atoms with E-state index in [1.54, 1.807) is 13.8 Å². The average Bonchev–Trinajstić information content (AvgIpc) is 2.29. The lowest BCUT2D eigenvalue weighted by Gasteiger charge is -2.25. The van der Waals surface area contributed by atoms with Crippen molar-refractivity contribution in [1.82, 2.24) is 5.32 Å². The molecule has 6 heteroatoms. The normalized spacial score (nSPS) is 11.0. The van der Waals surface area contributed by atoms with Gasteiger partial charge in [-0.25, -0.2) is 4.39 Å². The van der Waals surface area contributed by atoms with Crippen molar-refractivity contribution in [1.29, 1.82) is 0 Å². The van der Waals surface area contributed by atoms with Crippen LogP contribution in [-0.4, -0.2) is 23.9 Å². The number of nitrogens with two attached hydrogens (primary N) is 1. The Labute approximate surface area is 117 Å². The number of primary amides is 1. The van der Waals surface area contributed by atoms with Crippen molar-refractivity contribution in [3.8, 4) is 0 Å². The van der Waals surface area contributed by atoms with Crippen molar-refractivity contribution >= 4 is 17.5 Å². The van der Waals surface area contributed by atoms with E-state index in [9.17, 15) is 14.0 Å². The van der Waals surface area contributed by atoms with Gasteiger partial charge >= 0.3 is 0 Å². The maximum atomic E-state index is 13.7. The molecule has 0 saturated heterocycles. The molecule has 0 unspecified atom stereocenters. The Kier molecular flexibility index (Phi) is 5.07. The fourth-order valence-corrected chi connectivity index (χ4v) is 1.92. The van der Waals surface area contributed by atoms with Crippen LogP contribution in [0.1, 0.15) is 37.6 Å². The zero-order valence-electron chi connectivity index (χ0n) is 11.9. The molecule has 1 aromatic carbocycles.